The van der Waals surface area contributed by atoms with E-state index in [1.54, 1.807) is 6.92 Å². The summed E-state index contributed by atoms with van der Waals surface area (Å²) in [5.41, 5.74) is 0. The molecule has 1 saturated heterocycles. The second kappa shape index (κ2) is 7.27. The van der Waals surface area contributed by atoms with Crippen LogP contribution in [-0.2, 0) is 9.53 Å². The van der Waals surface area contributed by atoms with Gasteiger partial charge in [0.2, 0.25) is 0 Å². The first-order valence-electron chi connectivity index (χ1n) is 5.70. The van der Waals surface area contributed by atoms with E-state index in [0.717, 1.165) is 0 Å². The first-order chi connectivity index (χ1) is 8.51. The summed E-state index contributed by atoms with van der Waals surface area (Å²) < 4.78 is 4.83. The number of carbonyl (C=O) groups is 1. The fourth-order valence-corrected chi connectivity index (χ4v) is 2.84. The summed E-state index contributed by atoms with van der Waals surface area (Å²) in [5, 5.41) is 39.5. The van der Waals surface area contributed by atoms with E-state index in [2.05, 4.69) is 5.32 Å². The summed E-state index contributed by atoms with van der Waals surface area (Å²) in [7, 11) is 0. The lowest BCUT2D eigenvalue weighted by Gasteiger charge is -2.26. The highest BCUT2D eigenvalue weighted by Gasteiger charge is 2.39. The molecule has 0 saturated carbocycles. The number of rotatable bonds is 6. The molecule has 5 atom stereocenters. The Kier molecular flexibility index (Phi) is 6.33. The van der Waals surface area contributed by atoms with Crippen LogP contribution in [0.5, 0.6) is 0 Å². The SMILES string of the molecule is CCOC(=O)C1CSC(C(O)C(O)C(O)CO)N1. The molecule has 7 nitrogen and oxygen atoms in total. The van der Waals surface area contributed by atoms with E-state index in [0.29, 0.717) is 5.75 Å². The molecule has 0 aromatic heterocycles. The van der Waals surface area contributed by atoms with Crippen molar-refractivity contribution >= 4 is 17.7 Å². The van der Waals surface area contributed by atoms with Gasteiger partial charge in [0.05, 0.1) is 18.6 Å². The third-order valence-electron chi connectivity index (χ3n) is 2.62. The summed E-state index contributed by atoms with van der Waals surface area (Å²) in [5.74, 6) is 0.0135. The highest BCUT2D eigenvalue weighted by molar-refractivity contribution is 8.00. The van der Waals surface area contributed by atoms with Gasteiger partial charge < -0.3 is 25.2 Å². The average Bonchev–Trinajstić information content (AvgIpc) is 2.86. The van der Waals surface area contributed by atoms with Crippen LogP contribution in [0.1, 0.15) is 6.92 Å². The van der Waals surface area contributed by atoms with Crippen molar-refractivity contribution in [3.63, 3.8) is 0 Å². The average molecular weight is 281 g/mol. The van der Waals surface area contributed by atoms with Crippen LogP contribution in [0.25, 0.3) is 0 Å². The Morgan fingerprint density at radius 3 is 2.72 bits per heavy atom. The monoisotopic (exact) mass is 281 g/mol. The summed E-state index contributed by atoms with van der Waals surface area (Å²) >= 11 is 1.25. The Hall–Kier alpha value is -0.380. The van der Waals surface area contributed by atoms with Crippen LogP contribution in [0.15, 0.2) is 0 Å². The topological polar surface area (TPSA) is 119 Å². The quantitative estimate of drug-likeness (QED) is 0.344. The van der Waals surface area contributed by atoms with Gasteiger partial charge in [-0.25, -0.2) is 0 Å². The normalized spacial score (nSPS) is 28.7. The van der Waals surface area contributed by atoms with Crippen LogP contribution >= 0.6 is 11.8 Å². The summed E-state index contributed by atoms with van der Waals surface area (Å²) in [6.07, 6.45) is -4.17. The Morgan fingerprint density at radius 2 is 2.17 bits per heavy atom. The Bertz CT molecular complexity index is 279. The minimum absolute atomic E-state index is 0.279. The third kappa shape index (κ3) is 3.81. The molecule has 0 aliphatic carbocycles. The Labute approximate surface area is 109 Å². The number of thioether (sulfide) groups is 1. The molecular formula is C10H19NO6S. The highest BCUT2D eigenvalue weighted by atomic mass is 32.2. The van der Waals surface area contributed by atoms with E-state index in [1.165, 1.54) is 11.8 Å². The molecule has 0 spiro atoms. The molecule has 1 heterocycles. The number of carbonyl (C=O) groups excluding carboxylic acids is 1. The lowest BCUT2D eigenvalue weighted by atomic mass is 10.1. The number of aliphatic hydroxyl groups excluding tert-OH is 4. The van der Waals surface area contributed by atoms with E-state index in [9.17, 15) is 20.1 Å². The van der Waals surface area contributed by atoms with Crippen molar-refractivity contribution in [2.24, 2.45) is 0 Å². The molecule has 1 aliphatic heterocycles. The zero-order chi connectivity index (χ0) is 13.7. The lowest BCUT2D eigenvalue weighted by molar-refractivity contribution is -0.145. The van der Waals surface area contributed by atoms with E-state index in [1.807, 2.05) is 0 Å². The molecule has 5 N–H and O–H groups in total. The predicted octanol–water partition coefficient (Wildman–Crippen LogP) is -2.34. The number of esters is 1. The minimum atomic E-state index is -1.47. The van der Waals surface area contributed by atoms with Crippen molar-refractivity contribution in [3.05, 3.63) is 0 Å². The molecule has 0 aromatic carbocycles. The Balaban J connectivity index is 2.48. The molecule has 1 fully saturated rings. The van der Waals surface area contributed by atoms with Crippen LogP contribution in [0.2, 0.25) is 0 Å². The molecule has 106 valence electrons. The third-order valence-corrected chi connectivity index (χ3v) is 3.92. The van der Waals surface area contributed by atoms with Crippen molar-refractivity contribution in [1.82, 2.24) is 5.32 Å². The van der Waals surface area contributed by atoms with E-state index in [4.69, 9.17) is 9.84 Å². The van der Waals surface area contributed by atoms with Gasteiger partial charge in [-0.1, -0.05) is 0 Å². The van der Waals surface area contributed by atoms with Crippen molar-refractivity contribution in [1.29, 1.82) is 0 Å². The number of nitrogens with one attached hydrogen (secondary N) is 1. The second-order valence-electron chi connectivity index (χ2n) is 3.96. The molecule has 5 unspecified atom stereocenters. The first kappa shape index (κ1) is 15.7. The molecule has 0 aromatic rings. The Morgan fingerprint density at radius 1 is 1.50 bits per heavy atom. The largest absolute Gasteiger partial charge is 0.465 e. The zero-order valence-electron chi connectivity index (χ0n) is 10.0. The fourth-order valence-electron chi connectivity index (χ4n) is 1.59. The van der Waals surface area contributed by atoms with Gasteiger partial charge in [-0.15, -0.1) is 11.8 Å². The van der Waals surface area contributed by atoms with Crippen molar-refractivity contribution in [3.8, 4) is 0 Å². The van der Waals surface area contributed by atoms with Gasteiger partial charge >= 0.3 is 5.97 Å². The first-order valence-corrected chi connectivity index (χ1v) is 6.75. The predicted molar refractivity (Wildman–Crippen MR) is 64.9 cm³/mol. The molecule has 1 aliphatic rings. The summed E-state index contributed by atoms with van der Waals surface area (Å²) in [4.78, 5) is 11.4. The smallest absolute Gasteiger partial charge is 0.324 e. The lowest BCUT2D eigenvalue weighted by Crippen LogP contribution is -2.50. The minimum Gasteiger partial charge on any atom is -0.465 e. The number of ether oxygens (including phenoxy) is 1. The van der Waals surface area contributed by atoms with Gasteiger partial charge in [-0.2, -0.15) is 0 Å². The summed E-state index contributed by atoms with van der Waals surface area (Å²) in [6, 6.07) is -0.534. The van der Waals surface area contributed by atoms with Crippen LogP contribution in [0.4, 0.5) is 0 Å². The van der Waals surface area contributed by atoms with Crippen LogP contribution in [-0.4, -0.2) is 75.1 Å². The van der Waals surface area contributed by atoms with E-state index in [-0.39, 0.29) is 6.61 Å². The number of hydrogen-bond acceptors (Lipinski definition) is 8. The van der Waals surface area contributed by atoms with Crippen LogP contribution in [0, 0.1) is 0 Å². The van der Waals surface area contributed by atoms with Crippen molar-refractivity contribution in [2.75, 3.05) is 19.0 Å². The van der Waals surface area contributed by atoms with Gasteiger partial charge in [-0.3, -0.25) is 10.1 Å². The molecule has 0 bridgehead atoms. The molecular weight excluding hydrogens is 262 g/mol. The maximum absolute atomic E-state index is 11.4. The van der Waals surface area contributed by atoms with Crippen molar-refractivity contribution in [2.45, 2.75) is 36.7 Å². The second-order valence-corrected chi connectivity index (χ2v) is 5.13. The van der Waals surface area contributed by atoms with Gasteiger partial charge in [-0.05, 0) is 6.92 Å². The molecule has 0 radical (unpaired) electrons. The van der Waals surface area contributed by atoms with E-state index < -0.39 is 42.3 Å². The number of hydrogen-bond donors (Lipinski definition) is 5. The summed E-state index contributed by atoms with van der Waals surface area (Å²) in [6.45, 7) is 1.34. The van der Waals surface area contributed by atoms with Crippen molar-refractivity contribution < 1.29 is 30.0 Å². The van der Waals surface area contributed by atoms with E-state index >= 15 is 0 Å². The van der Waals surface area contributed by atoms with Crippen LogP contribution < -0.4 is 5.32 Å². The fraction of sp³-hybridized carbons (Fsp3) is 0.900. The molecule has 8 heteroatoms. The van der Waals surface area contributed by atoms with Crippen LogP contribution in [0.3, 0.4) is 0 Å². The van der Waals surface area contributed by atoms with Gasteiger partial charge in [0.1, 0.15) is 24.4 Å². The van der Waals surface area contributed by atoms with Gasteiger partial charge in [0, 0.05) is 5.75 Å². The van der Waals surface area contributed by atoms with Gasteiger partial charge in [0.25, 0.3) is 0 Å². The molecule has 1 rings (SSSR count). The molecule has 18 heavy (non-hydrogen) atoms. The molecule has 0 amide bonds. The van der Waals surface area contributed by atoms with Gasteiger partial charge in [0.15, 0.2) is 0 Å². The number of aliphatic hydroxyl groups is 4. The maximum Gasteiger partial charge on any atom is 0.324 e. The maximum atomic E-state index is 11.4. The standard InChI is InChI=1S/C10H19NO6S/c1-2-17-10(16)5-4-18-9(11-5)8(15)7(14)6(13)3-12/h5-9,11-15H,2-4H2,1H3. The highest BCUT2D eigenvalue weighted by Crippen LogP contribution is 2.24. The zero-order valence-corrected chi connectivity index (χ0v) is 10.8.